The molecule has 1 aromatic heterocycles. The number of rotatable bonds is 3. The van der Waals surface area contributed by atoms with Gasteiger partial charge in [0.05, 0.1) is 28.4 Å². The van der Waals surface area contributed by atoms with Gasteiger partial charge in [0.25, 0.3) is 5.69 Å². The van der Waals surface area contributed by atoms with Crippen LogP contribution < -0.4 is 0 Å². The van der Waals surface area contributed by atoms with Crippen LogP contribution >= 0.6 is 0 Å². The second-order valence-electron chi connectivity index (χ2n) is 7.93. The molecular weight excluding hydrogens is 386 g/mol. The molecule has 1 atom stereocenters. The Morgan fingerprint density at radius 2 is 1.96 bits per heavy atom. The molecule has 1 fully saturated rings. The molecular formula is C18H23N3O6S. The lowest BCUT2D eigenvalue weighted by Gasteiger charge is -2.29. The van der Waals surface area contributed by atoms with Gasteiger partial charge < -0.3 is 4.74 Å². The van der Waals surface area contributed by atoms with E-state index in [4.69, 9.17) is 4.74 Å². The van der Waals surface area contributed by atoms with Crippen molar-refractivity contribution < 1.29 is 22.9 Å². The van der Waals surface area contributed by atoms with E-state index in [0.29, 0.717) is 30.5 Å². The summed E-state index contributed by atoms with van der Waals surface area (Å²) in [6.07, 6.45) is 1.82. The number of nitro groups is 1. The number of hydrogen-bond donors (Lipinski definition) is 0. The van der Waals surface area contributed by atoms with E-state index in [1.54, 1.807) is 26.8 Å². The molecule has 1 aliphatic heterocycles. The molecule has 10 heteroatoms. The number of hydrogen-bond acceptors (Lipinski definition) is 6. The maximum absolute atomic E-state index is 12.6. The van der Waals surface area contributed by atoms with E-state index in [-0.39, 0.29) is 11.2 Å². The number of fused-ring (bicyclic) bond motifs is 1. The van der Waals surface area contributed by atoms with Gasteiger partial charge in [-0.1, -0.05) is 0 Å². The molecule has 0 N–H and O–H groups in total. The van der Waals surface area contributed by atoms with Gasteiger partial charge in [-0.05, 0) is 45.7 Å². The van der Waals surface area contributed by atoms with E-state index < -0.39 is 32.7 Å². The number of ether oxygens (including phenoxy) is 1. The fraction of sp³-hybridized carbons (Fsp3) is 0.500. The maximum atomic E-state index is 12.6. The van der Waals surface area contributed by atoms with Crippen molar-refractivity contribution in [2.24, 2.45) is 0 Å². The molecule has 1 amide bonds. The minimum absolute atomic E-state index is 0.197. The third kappa shape index (κ3) is 3.82. The topological polar surface area (TPSA) is 112 Å². The van der Waals surface area contributed by atoms with E-state index in [0.717, 1.165) is 10.2 Å². The maximum Gasteiger partial charge on any atom is 0.410 e. The molecule has 2 heterocycles. The number of carbonyl (C=O) groups is 1. The Labute approximate surface area is 163 Å². The Kier molecular flexibility index (Phi) is 4.86. The fourth-order valence-electron chi connectivity index (χ4n) is 3.52. The highest BCUT2D eigenvalue weighted by atomic mass is 32.2. The highest BCUT2D eigenvalue weighted by Crippen LogP contribution is 2.37. The first kappa shape index (κ1) is 20.1. The molecule has 0 radical (unpaired) electrons. The van der Waals surface area contributed by atoms with Crippen LogP contribution in [0.15, 0.2) is 24.3 Å². The summed E-state index contributed by atoms with van der Waals surface area (Å²) in [4.78, 5) is 24.7. The largest absolute Gasteiger partial charge is 0.444 e. The summed E-state index contributed by atoms with van der Waals surface area (Å²) >= 11 is 0. The van der Waals surface area contributed by atoms with Crippen LogP contribution in [0.25, 0.3) is 10.9 Å². The van der Waals surface area contributed by atoms with E-state index in [9.17, 15) is 23.3 Å². The van der Waals surface area contributed by atoms with E-state index in [2.05, 4.69) is 0 Å². The number of aromatic nitrogens is 1. The van der Waals surface area contributed by atoms with Gasteiger partial charge in [0, 0.05) is 24.1 Å². The van der Waals surface area contributed by atoms with E-state index in [1.807, 2.05) is 0 Å². The minimum Gasteiger partial charge on any atom is -0.444 e. The van der Waals surface area contributed by atoms with Crippen LogP contribution in [0.2, 0.25) is 0 Å². The summed E-state index contributed by atoms with van der Waals surface area (Å²) in [7, 11) is -3.77. The van der Waals surface area contributed by atoms with Gasteiger partial charge in [-0.2, -0.15) is 0 Å². The lowest BCUT2D eigenvalue weighted by atomic mass is 10.1. The van der Waals surface area contributed by atoms with Gasteiger partial charge in [0.15, 0.2) is 0 Å². The number of nitro benzene ring substituents is 1. The Balaban J connectivity index is 2.14. The second-order valence-corrected chi connectivity index (χ2v) is 9.76. The summed E-state index contributed by atoms with van der Waals surface area (Å²) in [5.74, 6) is 0. The molecule has 3 rings (SSSR count). The monoisotopic (exact) mass is 409 g/mol. The van der Waals surface area contributed by atoms with Crippen LogP contribution in [-0.4, -0.2) is 46.7 Å². The zero-order valence-electron chi connectivity index (χ0n) is 16.2. The molecule has 0 saturated carbocycles. The first-order valence-corrected chi connectivity index (χ1v) is 10.7. The van der Waals surface area contributed by atoms with Gasteiger partial charge in [-0.3, -0.25) is 15.0 Å². The molecule has 0 unspecified atom stereocenters. The predicted molar refractivity (Wildman–Crippen MR) is 104 cm³/mol. The van der Waals surface area contributed by atoms with Crippen LogP contribution in [0.4, 0.5) is 10.5 Å². The van der Waals surface area contributed by atoms with Crippen molar-refractivity contribution >= 4 is 32.7 Å². The van der Waals surface area contributed by atoms with E-state index in [1.165, 1.54) is 23.1 Å². The first-order chi connectivity index (χ1) is 12.9. The molecule has 28 heavy (non-hydrogen) atoms. The zero-order chi connectivity index (χ0) is 20.9. The van der Waals surface area contributed by atoms with E-state index >= 15 is 0 Å². The molecule has 1 saturated heterocycles. The fourth-order valence-corrected chi connectivity index (χ4v) is 4.59. The van der Waals surface area contributed by atoms with Crippen molar-refractivity contribution in [1.29, 1.82) is 0 Å². The molecule has 1 aromatic carbocycles. The number of nitrogens with zero attached hydrogens (tertiary/aromatic N) is 3. The van der Waals surface area contributed by atoms with Crippen LogP contribution in [0.3, 0.4) is 0 Å². The third-order valence-electron chi connectivity index (χ3n) is 4.54. The predicted octanol–water partition coefficient (Wildman–Crippen LogP) is 3.43. The average Bonchev–Trinajstić information content (AvgIpc) is 3.15. The van der Waals surface area contributed by atoms with Crippen molar-refractivity contribution in [1.82, 2.24) is 8.87 Å². The lowest BCUT2D eigenvalue weighted by Crippen LogP contribution is -2.37. The van der Waals surface area contributed by atoms with Crippen LogP contribution in [0.1, 0.15) is 45.3 Å². The summed E-state index contributed by atoms with van der Waals surface area (Å²) in [5, 5.41) is 11.7. The molecule has 0 spiro atoms. The normalized spacial score (nSPS) is 17.9. The van der Waals surface area contributed by atoms with Crippen LogP contribution in [-0.2, 0) is 14.8 Å². The lowest BCUT2D eigenvalue weighted by molar-refractivity contribution is -0.384. The first-order valence-electron chi connectivity index (χ1n) is 8.88. The Morgan fingerprint density at radius 1 is 1.29 bits per heavy atom. The molecule has 9 nitrogen and oxygen atoms in total. The Morgan fingerprint density at radius 3 is 2.54 bits per heavy atom. The number of carbonyl (C=O) groups excluding carboxylic acids is 1. The number of benzene rings is 1. The number of likely N-dealkylation sites (tertiary alicyclic amines) is 1. The molecule has 152 valence electrons. The summed E-state index contributed by atoms with van der Waals surface area (Å²) in [6.45, 7) is 5.75. The van der Waals surface area contributed by atoms with Gasteiger partial charge in [-0.25, -0.2) is 17.2 Å². The van der Waals surface area contributed by atoms with Crippen LogP contribution in [0.5, 0.6) is 0 Å². The SMILES string of the molecule is CC(C)(C)OC(=O)N1CCC[C@@H]1c1cc2ccc([N+](=O)[O-])cc2n1S(C)(=O)=O. The quantitative estimate of drug-likeness (QED) is 0.567. The molecule has 2 aromatic rings. The van der Waals surface area contributed by atoms with Crippen LogP contribution in [0, 0.1) is 10.1 Å². The van der Waals surface area contributed by atoms with Crippen molar-refractivity contribution in [2.45, 2.75) is 45.3 Å². The van der Waals surface area contributed by atoms with Crippen molar-refractivity contribution in [3.8, 4) is 0 Å². The number of amides is 1. The summed E-state index contributed by atoms with van der Waals surface area (Å²) < 4.78 is 31.6. The Bertz CT molecular complexity index is 1050. The minimum atomic E-state index is -3.77. The molecule has 1 aliphatic rings. The Hall–Kier alpha value is -2.62. The van der Waals surface area contributed by atoms with Crippen molar-refractivity contribution in [3.05, 3.63) is 40.1 Å². The van der Waals surface area contributed by atoms with Crippen molar-refractivity contribution in [3.63, 3.8) is 0 Å². The second kappa shape index (κ2) is 6.77. The van der Waals surface area contributed by atoms with Gasteiger partial charge in [0.2, 0.25) is 10.0 Å². The summed E-state index contributed by atoms with van der Waals surface area (Å²) in [6, 6.07) is 5.28. The zero-order valence-corrected chi connectivity index (χ0v) is 17.0. The highest BCUT2D eigenvalue weighted by Gasteiger charge is 2.36. The average molecular weight is 409 g/mol. The number of non-ortho nitro benzene ring substituents is 1. The smallest absolute Gasteiger partial charge is 0.410 e. The molecule has 0 bridgehead atoms. The third-order valence-corrected chi connectivity index (χ3v) is 5.61. The van der Waals surface area contributed by atoms with Gasteiger partial charge >= 0.3 is 6.09 Å². The van der Waals surface area contributed by atoms with Gasteiger partial charge in [-0.15, -0.1) is 0 Å². The van der Waals surface area contributed by atoms with Gasteiger partial charge in [0.1, 0.15) is 5.60 Å². The van der Waals surface area contributed by atoms with Crippen molar-refractivity contribution in [2.75, 3.05) is 12.8 Å². The molecule has 0 aliphatic carbocycles. The standard InChI is InChI=1S/C18H23N3O6S/c1-18(2,3)27-17(22)19-9-5-6-14(19)16-10-12-7-8-13(21(23)24)11-15(12)20(16)28(4,25)26/h7-8,10-11,14H,5-6,9H2,1-4H3/t14-/m1/s1. The summed E-state index contributed by atoms with van der Waals surface area (Å²) in [5.41, 5.74) is -0.240. The highest BCUT2D eigenvalue weighted by molar-refractivity contribution is 7.89.